The number of ether oxygens (including phenoxy) is 1. The predicted molar refractivity (Wildman–Crippen MR) is 73.9 cm³/mol. The number of nitrogen functional groups attached to an aromatic ring is 1. The van der Waals surface area contributed by atoms with Crippen molar-refractivity contribution >= 4 is 5.82 Å². The lowest BCUT2D eigenvalue weighted by molar-refractivity contribution is 0.291. The van der Waals surface area contributed by atoms with Crippen LogP contribution in [0.1, 0.15) is 29.8 Å². The Morgan fingerprint density at radius 3 is 2.95 bits per heavy atom. The predicted octanol–water partition coefficient (Wildman–Crippen LogP) is 2.52. The quantitative estimate of drug-likeness (QED) is 0.915. The van der Waals surface area contributed by atoms with E-state index in [1.807, 2.05) is 6.07 Å². The fourth-order valence-electron chi connectivity index (χ4n) is 2.51. The van der Waals surface area contributed by atoms with E-state index in [0.717, 1.165) is 18.6 Å². The van der Waals surface area contributed by atoms with Gasteiger partial charge in [-0.1, -0.05) is 12.1 Å². The van der Waals surface area contributed by atoms with Gasteiger partial charge in [-0.3, -0.25) is 0 Å². The molecule has 19 heavy (non-hydrogen) atoms. The molecule has 1 aromatic heterocycles. The topological polar surface area (TPSA) is 61.0 Å². The highest BCUT2D eigenvalue weighted by Gasteiger charge is 2.13. The standard InChI is InChI=1S/C15H17N3O/c16-14-8-9-17-15(18-14)10-19-13-7-3-5-11-4-1-2-6-12(11)13/h3,5,7-9H,1-2,4,6,10H2,(H2,16,17,18). The highest BCUT2D eigenvalue weighted by molar-refractivity contribution is 5.41. The average molecular weight is 255 g/mol. The van der Waals surface area contributed by atoms with Crippen LogP contribution in [0.5, 0.6) is 5.75 Å². The highest BCUT2D eigenvalue weighted by atomic mass is 16.5. The number of nitrogens with zero attached hydrogens (tertiary/aromatic N) is 2. The van der Waals surface area contributed by atoms with Crippen molar-refractivity contribution in [2.75, 3.05) is 5.73 Å². The van der Waals surface area contributed by atoms with Gasteiger partial charge >= 0.3 is 0 Å². The van der Waals surface area contributed by atoms with E-state index in [1.54, 1.807) is 12.3 Å². The summed E-state index contributed by atoms with van der Waals surface area (Å²) in [6.07, 6.45) is 6.42. The van der Waals surface area contributed by atoms with Gasteiger partial charge in [-0.25, -0.2) is 9.97 Å². The zero-order chi connectivity index (χ0) is 13.1. The van der Waals surface area contributed by atoms with Crippen LogP contribution in [-0.4, -0.2) is 9.97 Å². The summed E-state index contributed by atoms with van der Waals surface area (Å²) in [6, 6.07) is 7.95. The first-order chi connectivity index (χ1) is 9.33. The van der Waals surface area contributed by atoms with E-state index in [1.165, 1.54) is 24.0 Å². The summed E-state index contributed by atoms with van der Waals surface area (Å²) in [5.74, 6) is 2.06. The fraction of sp³-hybridized carbons (Fsp3) is 0.333. The number of aromatic nitrogens is 2. The van der Waals surface area contributed by atoms with E-state index in [9.17, 15) is 0 Å². The first-order valence-electron chi connectivity index (χ1n) is 6.64. The van der Waals surface area contributed by atoms with Gasteiger partial charge in [0.1, 0.15) is 18.2 Å². The van der Waals surface area contributed by atoms with Crippen LogP contribution in [0.15, 0.2) is 30.5 Å². The molecule has 2 aromatic rings. The molecule has 0 aliphatic heterocycles. The van der Waals surface area contributed by atoms with Crippen molar-refractivity contribution in [2.24, 2.45) is 0 Å². The van der Waals surface area contributed by atoms with Crippen molar-refractivity contribution in [3.8, 4) is 5.75 Å². The summed E-state index contributed by atoms with van der Waals surface area (Å²) >= 11 is 0. The SMILES string of the molecule is Nc1ccnc(COc2cccc3c2CCCC3)n1. The van der Waals surface area contributed by atoms with Crippen LogP contribution in [0.25, 0.3) is 0 Å². The zero-order valence-corrected chi connectivity index (χ0v) is 10.8. The van der Waals surface area contributed by atoms with Crippen molar-refractivity contribution in [3.05, 3.63) is 47.4 Å². The number of fused-ring (bicyclic) bond motifs is 1. The molecule has 2 N–H and O–H groups in total. The summed E-state index contributed by atoms with van der Waals surface area (Å²) in [7, 11) is 0. The molecule has 1 heterocycles. The third-order valence-electron chi connectivity index (χ3n) is 3.44. The van der Waals surface area contributed by atoms with Crippen LogP contribution in [0.3, 0.4) is 0 Å². The first kappa shape index (κ1) is 12.0. The molecule has 1 aromatic carbocycles. The summed E-state index contributed by atoms with van der Waals surface area (Å²) in [4.78, 5) is 8.29. The second-order valence-corrected chi connectivity index (χ2v) is 4.79. The number of rotatable bonds is 3. The number of hydrogen-bond acceptors (Lipinski definition) is 4. The maximum absolute atomic E-state index is 5.86. The summed E-state index contributed by atoms with van der Waals surface area (Å²) in [5.41, 5.74) is 8.39. The zero-order valence-electron chi connectivity index (χ0n) is 10.8. The first-order valence-corrected chi connectivity index (χ1v) is 6.64. The second-order valence-electron chi connectivity index (χ2n) is 4.79. The minimum absolute atomic E-state index is 0.363. The Kier molecular flexibility index (Phi) is 3.31. The van der Waals surface area contributed by atoms with Gasteiger partial charge in [0.25, 0.3) is 0 Å². The third kappa shape index (κ3) is 2.67. The fourth-order valence-corrected chi connectivity index (χ4v) is 2.51. The minimum atomic E-state index is 0.363. The van der Waals surface area contributed by atoms with Gasteiger partial charge in [0, 0.05) is 6.20 Å². The van der Waals surface area contributed by atoms with E-state index >= 15 is 0 Å². The number of hydrogen-bond donors (Lipinski definition) is 1. The Hall–Kier alpha value is -2.10. The van der Waals surface area contributed by atoms with Gasteiger partial charge in [-0.05, 0) is 48.9 Å². The maximum Gasteiger partial charge on any atom is 0.168 e. The minimum Gasteiger partial charge on any atom is -0.485 e. The van der Waals surface area contributed by atoms with Gasteiger partial charge < -0.3 is 10.5 Å². The molecule has 0 unspecified atom stereocenters. The molecule has 0 radical (unpaired) electrons. The van der Waals surface area contributed by atoms with Crippen molar-refractivity contribution < 1.29 is 4.74 Å². The van der Waals surface area contributed by atoms with Crippen molar-refractivity contribution in [1.82, 2.24) is 9.97 Å². The van der Waals surface area contributed by atoms with Gasteiger partial charge in [0.05, 0.1) is 0 Å². The molecule has 4 nitrogen and oxygen atoms in total. The molecule has 0 fully saturated rings. The number of anilines is 1. The van der Waals surface area contributed by atoms with Gasteiger partial charge in [-0.2, -0.15) is 0 Å². The number of nitrogens with two attached hydrogens (primary N) is 1. The van der Waals surface area contributed by atoms with Crippen LogP contribution < -0.4 is 10.5 Å². The Morgan fingerprint density at radius 2 is 2.05 bits per heavy atom. The van der Waals surface area contributed by atoms with Crippen molar-refractivity contribution in [3.63, 3.8) is 0 Å². The summed E-state index contributed by atoms with van der Waals surface area (Å²) in [5, 5.41) is 0. The van der Waals surface area contributed by atoms with Crippen molar-refractivity contribution in [1.29, 1.82) is 0 Å². The molecule has 0 atom stereocenters. The van der Waals surface area contributed by atoms with Crippen molar-refractivity contribution in [2.45, 2.75) is 32.3 Å². The molecule has 3 rings (SSSR count). The molecule has 98 valence electrons. The molecule has 1 aliphatic carbocycles. The third-order valence-corrected chi connectivity index (χ3v) is 3.44. The number of aryl methyl sites for hydroxylation is 1. The molecule has 0 saturated carbocycles. The summed E-state index contributed by atoms with van der Waals surface area (Å²) in [6.45, 7) is 0.363. The molecule has 1 aliphatic rings. The maximum atomic E-state index is 5.86. The Bertz CT molecular complexity index is 583. The lowest BCUT2D eigenvalue weighted by Gasteiger charge is -2.19. The highest BCUT2D eigenvalue weighted by Crippen LogP contribution is 2.29. The lowest BCUT2D eigenvalue weighted by atomic mass is 9.91. The van der Waals surface area contributed by atoms with E-state index in [2.05, 4.69) is 22.1 Å². The van der Waals surface area contributed by atoms with Gasteiger partial charge in [0.2, 0.25) is 0 Å². The van der Waals surface area contributed by atoms with Crippen LogP contribution in [0, 0.1) is 0 Å². The van der Waals surface area contributed by atoms with Crippen LogP contribution >= 0.6 is 0 Å². The molecule has 0 spiro atoms. The lowest BCUT2D eigenvalue weighted by Crippen LogP contribution is -2.08. The van der Waals surface area contributed by atoms with E-state index in [0.29, 0.717) is 18.2 Å². The van der Waals surface area contributed by atoms with Gasteiger partial charge in [-0.15, -0.1) is 0 Å². The average Bonchev–Trinajstić information content (AvgIpc) is 2.45. The normalized spacial score (nSPS) is 13.9. The molecular formula is C15H17N3O. The Balaban J connectivity index is 1.77. The largest absolute Gasteiger partial charge is 0.485 e. The molecule has 0 saturated heterocycles. The molecular weight excluding hydrogens is 238 g/mol. The van der Waals surface area contributed by atoms with Crippen LogP contribution in [0.2, 0.25) is 0 Å². The Morgan fingerprint density at radius 1 is 1.16 bits per heavy atom. The Labute approximate surface area is 112 Å². The smallest absolute Gasteiger partial charge is 0.168 e. The summed E-state index contributed by atoms with van der Waals surface area (Å²) < 4.78 is 5.86. The second kappa shape index (κ2) is 5.26. The number of benzene rings is 1. The van der Waals surface area contributed by atoms with Crippen LogP contribution in [-0.2, 0) is 19.4 Å². The van der Waals surface area contributed by atoms with Crippen LogP contribution in [0.4, 0.5) is 5.82 Å². The van der Waals surface area contributed by atoms with E-state index in [-0.39, 0.29) is 0 Å². The van der Waals surface area contributed by atoms with Gasteiger partial charge in [0.15, 0.2) is 5.82 Å². The molecule has 4 heteroatoms. The van der Waals surface area contributed by atoms with E-state index in [4.69, 9.17) is 10.5 Å². The van der Waals surface area contributed by atoms with E-state index < -0.39 is 0 Å². The molecule has 0 amide bonds. The monoisotopic (exact) mass is 255 g/mol. The molecule has 0 bridgehead atoms.